The van der Waals surface area contributed by atoms with Gasteiger partial charge in [-0.25, -0.2) is 0 Å². The minimum Gasteiger partial charge on any atom is -0.319 e. The third-order valence-electron chi connectivity index (χ3n) is 4.08. The Balaban J connectivity index is 1.88. The summed E-state index contributed by atoms with van der Waals surface area (Å²) in [4.78, 5) is 17.4. The van der Waals surface area contributed by atoms with Crippen LogP contribution in [0.2, 0.25) is 0 Å². The fourth-order valence-corrected chi connectivity index (χ4v) is 3.91. The van der Waals surface area contributed by atoms with Gasteiger partial charge in [-0.15, -0.1) is 0 Å². The summed E-state index contributed by atoms with van der Waals surface area (Å²) >= 11 is 1.53. The lowest BCUT2D eigenvalue weighted by Crippen LogP contribution is -2.13. The Morgan fingerprint density at radius 3 is 2.83 bits per heavy atom. The fourth-order valence-electron chi connectivity index (χ4n) is 2.76. The van der Waals surface area contributed by atoms with Crippen LogP contribution in [0, 0.1) is 0 Å². The summed E-state index contributed by atoms with van der Waals surface area (Å²) in [6, 6.07) is 14.1. The predicted octanol–water partition coefficient (Wildman–Crippen LogP) is 3.35. The van der Waals surface area contributed by atoms with E-state index in [4.69, 9.17) is 0 Å². The third kappa shape index (κ3) is 2.35. The second kappa shape index (κ2) is 5.72. The van der Waals surface area contributed by atoms with Crippen LogP contribution in [0.15, 0.2) is 53.7 Å². The lowest BCUT2D eigenvalue weighted by molar-refractivity contribution is 0.0992. The van der Waals surface area contributed by atoms with E-state index in [-0.39, 0.29) is 5.91 Å². The van der Waals surface area contributed by atoms with Crippen molar-refractivity contribution in [3.05, 3.63) is 59.2 Å². The van der Waals surface area contributed by atoms with E-state index in [1.165, 1.54) is 22.1 Å². The van der Waals surface area contributed by atoms with Gasteiger partial charge in [0.2, 0.25) is 0 Å². The molecule has 6 heteroatoms. The van der Waals surface area contributed by atoms with Crippen LogP contribution in [-0.2, 0) is 13.6 Å². The fraction of sp³-hybridized carbons (Fsp3) is 0.167. The second-order valence-corrected chi connectivity index (χ2v) is 6.53. The van der Waals surface area contributed by atoms with Crippen LogP contribution in [0.1, 0.15) is 17.4 Å². The number of amides is 1. The number of aromatic nitrogens is 3. The van der Waals surface area contributed by atoms with Gasteiger partial charge >= 0.3 is 0 Å². The van der Waals surface area contributed by atoms with E-state index in [1.54, 1.807) is 16.9 Å². The highest BCUT2D eigenvalue weighted by Crippen LogP contribution is 2.27. The maximum Gasteiger partial charge on any atom is 0.300 e. The van der Waals surface area contributed by atoms with E-state index in [1.807, 2.05) is 30.7 Å². The standard InChI is InChI=1S/C18H16N4OS/c1-3-22-11-10-14(20-22)17(23)19-18-21(2)15-9-8-12-6-4-5-7-13(12)16(15)24-18/h4-11H,3H2,1-2H3. The first-order chi connectivity index (χ1) is 11.7. The molecule has 2 heterocycles. The van der Waals surface area contributed by atoms with Crippen LogP contribution in [0.5, 0.6) is 0 Å². The molecule has 1 amide bonds. The van der Waals surface area contributed by atoms with E-state index in [0.717, 1.165) is 16.8 Å². The molecule has 120 valence electrons. The van der Waals surface area contributed by atoms with Crippen molar-refractivity contribution in [2.24, 2.45) is 12.0 Å². The molecule has 5 nitrogen and oxygen atoms in total. The second-order valence-electron chi connectivity index (χ2n) is 5.55. The number of aryl methyl sites for hydroxylation is 2. The zero-order valence-corrected chi connectivity index (χ0v) is 14.2. The molecule has 0 spiro atoms. The number of fused-ring (bicyclic) bond motifs is 3. The van der Waals surface area contributed by atoms with Gasteiger partial charge in [0.1, 0.15) is 0 Å². The van der Waals surface area contributed by atoms with Gasteiger partial charge in [0.05, 0.1) is 10.2 Å². The molecule has 24 heavy (non-hydrogen) atoms. The van der Waals surface area contributed by atoms with Crippen LogP contribution >= 0.6 is 11.3 Å². The molecule has 0 aliphatic carbocycles. The summed E-state index contributed by atoms with van der Waals surface area (Å²) in [5.41, 5.74) is 1.45. The number of benzene rings is 2. The Morgan fingerprint density at radius 1 is 1.21 bits per heavy atom. The van der Waals surface area contributed by atoms with Crippen molar-refractivity contribution in [3.8, 4) is 0 Å². The number of carbonyl (C=O) groups is 1. The maximum absolute atomic E-state index is 12.4. The molecule has 2 aromatic heterocycles. The number of thiazole rings is 1. The minimum atomic E-state index is -0.311. The van der Waals surface area contributed by atoms with Crippen LogP contribution in [0.25, 0.3) is 21.0 Å². The highest BCUT2D eigenvalue weighted by Gasteiger charge is 2.11. The monoisotopic (exact) mass is 336 g/mol. The van der Waals surface area contributed by atoms with Gasteiger partial charge in [0.25, 0.3) is 5.91 Å². The van der Waals surface area contributed by atoms with Crippen molar-refractivity contribution in [2.45, 2.75) is 13.5 Å². The highest BCUT2D eigenvalue weighted by molar-refractivity contribution is 7.17. The van der Waals surface area contributed by atoms with Gasteiger partial charge in [-0.1, -0.05) is 41.7 Å². The predicted molar refractivity (Wildman–Crippen MR) is 96.1 cm³/mol. The normalized spacial score (nSPS) is 12.3. The van der Waals surface area contributed by atoms with Gasteiger partial charge in [0, 0.05) is 25.2 Å². The minimum absolute atomic E-state index is 0.311. The van der Waals surface area contributed by atoms with Crippen molar-refractivity contribution >= 4 is 38.2 Å². The van der Waals surface area contributed by atoms with Crippen LogP contribution in [-0.4, -0.2) is 20.3 Å². The molecule has 2 aromatic carbocycles. The molecule has 0 aliphatic heterocycles. The summed E-state index contributed by atoms with van der Waals surface area (Å²) in [7, 11) is 1.93. The van der Waals surface area contributed by atoms with Gasteiger partial charge < -0.3 is 4.57 Å². The average Bonchev–Trinajstić information content (AvgIpc) is 3.21. The van der Waals surface area contributed by atoms with E-state index >= 15 is 0 Å². The molecule has 0 fully saturated rings. The molecular weight excluding hydrogens is 320 g/mol. The topological polar surface area (TPSA) is 52.2 Å². The van der Waals surface area contributed by atoms with E-state index in [0.29, 0.717) is 10.5 Å². The Labute approximate surface area is 142 Å². The molecular formula is C18H16N4OS. The number of hydrogen-bond acceptors (Lipinski definition) is 3. The van der Waals surface area contributed by atoms with Gasteiger partial charge in [-0.2, -0.15) is 10.1 Å². The summed E-state index contributed by atoms with van der Waals surface area (Å²) < 4.78 is 4.82. The third-order valence-corrected chi connectivity index (χ3v) is 5.26. The molecule has 0 radical (unpaired) electrons. The number of nitrogens with zero attached hydrogens (tertiary/aromatic N) is 4. The Kier molecular flexibility index (Phi) is 3.54. The summed E-state index contributed by atoms with van der Waals surface area (Å²) in [6.07, 6.45) is 1.79. The number of hydrogen-bond donors (Lipinski definition) is 0. The Hall–Kier alpha value is -2.73. The first kappa shape index (κ1) is 14.8. The molecule has 0 atom stereocenters. The molecule has 0 unspecified atom stereocenters. The molecule has 0 bridgehead atoms. The van der Waals surface area contributed by atoms with Crippen molar-refractivity contribution in [2.75, 3.05) is 0 Å². The first-order valence-electron chi connectivity index (χ1n) is 7.77. The zero-order chi connectivity index (χ0) is 16.7. The summed E-state index contributed by atoms with van der Waals surface area (Å²) in [5, 5.41) is 6.59. The molecule has 4 aromatic rings. The largest absolute Gasteiger partial charge is 0.319 e. The number of rotatable bonds is 2. The molecule has 0 saturated carbocycles. The molecule has 4 rings (SSSR count). The van der Waals surface area contributed by atoms with Gasteiger partial charge in [-0.3, -0.25) is 9.48 Å². The lowest BCUT2D eigenvalue weighted by atomic mass is 10.1. The van der Waals surface area contributed by atoms with Gasteiger partial charge in [-0.05, 0) is 24.4 Å². The molecule has 0 aliphatic rings. The Morgan fingerprint density at radius 2 is 2.04 bits per heavy atom. The molecule has 0 N–H and O–H groups in total. The van der Waals surface area contributed by atoms with Crippen LogP contribution in [0.3, 0.4) is 0 Å². The van der Waals surface area contributed by atoms with Crippen molar-refractivity contribution in [1.82, 2.24) is 14.3 Å². The zero-order valence-electron chi connectivity index (χ0n) is 13.4. The number of carbonyl (C=O) groups excluding carboxylic acids is 1. The van der Waals surface area contributed by atoms with E-state index in [9.17, 15) is 4.79 Å². The molecule has 0 saturated heterocycles. The van der Waals surface area contributed by atoms with Crippen molar-refractivity contribution in [1.29, 1.82) is 0 Å². The van der Waals surface area contributed by atoms with E-state index in [2.05, 4.69) is 34.4 Å². The highest BCUT2D eigenvalue weighted by atomic mass is 32.1. The first-order valence-corrected chi connectivity index (χ1v) is 8.59. The Bertz CT molecular complexity index is 1130. The average molecular weight is 336 g/mol. The van der Waals surface area contributed by atoms with E-state index < -0.39 is 0 Å². The van der Waals surface area contributed by atoms with Crippen LogP contribution < -0.4 is 4.80 Å². The van der Waals surface area contributed by atoms with Crippen molar-refractivity contribution in [3.63, 3.8) is 0 Å². The summed E-state index contributed by atoms with van der Waals surface area (Å²) in [5.74, 6) is -0.311. The quantitative estimate of drug-likeness (QED) is 0.564. The SMILES string of the molecule is CCn1ccc(C(=O)N=c2sc3c4ccccc4ccc3n2C)n1. The summed E-state index contributed by atoms with van der Waals surface area (Å²) in [6.45, 7) is 2.71. The van der Waals surface area contributed by atoms with Gasteiger partial charge in [0.15, 0.2) is 10.5 Å². The smallest absolute Gasteiger partial charge is 0.300 e. The van der Waals surface area contributed by atoms with Crippen LogP contribution in [0.4, 0.5) is 0 Å². The lowest BCUT2D eigenvalue weighted by Gasteiger charge is -1.99. The van der Waals surface area contributed by atoms with Crippen molar-refractivity contribution < 1.29 is 4.79 Å². The maximum atomic E-state index is 12.4.